The summed E-state index contributed by atoms with van der Waals surface area (Å²) in [4.78, 5) is 3.68. The number of nitrogens with zero attached hydrogens (tertiary/aromatic N) is 2. The van der Waals surface area contributed by atoms with Crippen molar-refractivity contribution in [1.82, 2.24) is 9.47 Å². The van der Waals surface area contributed by atoms with Gasteiger partial charge in [-0.1, -0.05) is 43.5 Å². The maximum absolute atomic E-state index is 5.95. The fourth-order valence-electron chi connectivity index (χ4n) is 4.39. The maximum Gasteiger partial charge on any atom is 0.173 e. The highest BCUT2D eigenvalue weighted by Crippen LogP contribution is 2.28. The number of aryl methyl sites for hydroxylation is 1. The first kappa shape index (κ1) is 20.3. The average molecular weight is 424 g/mol. The minimum absolute atomic E-state index is 0.506. The third kappa shape index (κ3) is 4.62. The molecule has 4 rings (SSSR count). The van der Waals surface area contributed by atoms with Crippen LogP contribution < -0.4 is 5.32 Å². The number of benzene rings is 2. The number of aromatic nitrogens is 1. The lowest BCUT2D eigenvalue weighted by Crippen LogP contribution is -2.43. The van der Waals surface area contributed by atoms with E-state index in [-0.39, 0.29) is 0 Å². The average Bonchev–Trinajstić information content (AvgIpc) is 3.08. The van der Waals surface area contributed by atoms with Crippen LogP contribution in [-0.2, 0) is 13.6 Å². The van der Waals surface area contributed by atoms with Crippen molar-refractivity contribution in [3.05, 3.63) is 60.3 Å². The van der Waals surface area contributed by atoms with Gasteiger partial charge in [-0.3, -0.25) is 0 Å². The van der Waals surface area contributed by atoms with Gasteiger partial charge in [0.15, 0.2) is 5.11 Å². The molecule has 1 heterocycles. The third-order valence-electron chi connectivity index (χ3n) is 5.92. The minimum atomic E-state index is 0.506. The van der Waals surface area contributed by atoms with E-state index in [9.17, 15) is 0 Å². The van der Waals surface area contributed by atoms with Crippen molar-refractivity contribution in [2.45, 2.75) is 49.6 Å². The molecule has 0 bridgehead atoms. The fourth-order valence-corrected chi connectivity index (χ4v) is 5.18. The Hall–Kier alpha value is -1.98. The van der Waals surface area contributed by atoms with Crippen LogP contribution in [0.2, 0.25) is 0 Å². The summed E-state index contributed by atoms with van der Waals surface area (Å²) in [5.74, 6) is 0. The lowest BCUT2D eigenvalue weighted by atomic mass is 9.94. The Kier molecular flexibility index (Phi) is 6.46. The highest BCUT2D eigenvalue weighted by Gasteiger charge is 2.24. The molecule has 0 aliphatic heterocycles. The molecule has 1 aromatic heterocycles. The van der Waals surface area contributed by atoms with Gasteiger partial charge in [-0.2, -0.15) is 0 Å². The van der Waals surface area contributed by atoms with Crippen molar-refractivity contribution in [2.24, 2.45) is 7.05 Å². The number of rotatable bonds is 5. The molecule has 2 aromatic carbocycles. The van der Waals surface area contributed by atoms with Gasteiger partial charge in [0.25, 0.3) is 0 Å². The number of fused-ring (bicyclic) bond motifs is 1. The number of hydrogen-bond acceptors (Lipinski definition) is 2. The van der Waals surface area contributed by atoms with E-state index in [0.717, 1.165) is 17.3 Å². The molecular weight excluding hydrogens is 394 g/mol. The van der Waals surface area contributed by atoms with Gasteiger partial charge < -0.3 is 14.8 Å². The van der Waals surface area contributed by atoms with Gasteiger partial charge in [0, 0.05) is 47.3 Å². The standard InChI is InChI=1S/C24H29N3S2/c1-26-16-18(22-13-6-7-14-23(22)26)17-27(20-10-4-3-5-11-20)24(28)25-19-9-8-12-21(15-19)29-2/h6-9,12-16,20H,3-5,10-11,17H2,1-2H3,(H,25,28). The molecule has 5 heteroatoms. The van der Waals surface area contributed by atoms with E-state index < -0.39 is 0 Å². The third-order valence-corrected chi connectivity index (χ3v) is 6.98. The van der Waals surface area contributed by atoms with Crippen molar-refractivity contribution in [1.29, 1.82) is 0 Å². The highest BCUT2D eigenvalue weighted by atomic mass is 32.2. The van der Waals surface area contributed by atoms with Crippen LogP contribution in [0.5, 0.6) is 0 Å². The van der Waals surface area contributed by atoms with Crippen LogP contribution in [0.15, 0.2) is 59.6 Å². The molecule has 3 aromatic rings. The van der Waals surface area contributed by atoms with Gasteiger partial charge in [-0.15, -0.1) is 11.8 Å². The zero-order chi connectivity index (χ0) is 20.2. The van der Waals surface area contributed by atoms with Gasteiger partial charge in [-0.25, -0.2) is 0 Å². The van der Waals surface area contributed by atoms with E-state index in [1.54, 1.807) is 11.8 Å². The summed E-state index contributed by atoms with van der Waals surface area (Å²) in [6.07, 6.45) is 10.7. The minimum Gasteiger partial charge on any atom is -0.350 e. The predicted octanol–water partition coefficient (Wildman–Crippen LogP) is 6.43. The van der Waals surface area contributed by atoms with E-state index in [1.807, 2.05) is 0 Å². The van der Waals surface area contributed by atoms with Crippen LogP contribution in [0.1, 0.15) is 37.7 Å². The lowest BCUT2D eigenvalue weighted by molar-refractivity contribution is 0.241. The Morgan fingerprint density at radius 1 is 1.14 bits per heavy atom. The van der Waals surface area contributed by atoms with E-state index in [2.05, 4.69) is 82.8 Å². The molecular formula is C24H29N3S2. The lowest BCUT2D eigenvalue weighted by Gasteiger charge is -2.36. The number of hydrogen-bond donors (Lipinski definition) is 1. The summed E-state index contributed by atoms with van der Waals surface area (Å²) in [5, 5.41) is 5.68. The summed E-state index contributed by atoms with van der Waals surface area (Å²) in [6.45, 7) is 0.847. The molecule has 3 nitrogen and oxygen atoms in total. The first-order valence-corrected chi connectivity index (χ1v) is 12.0. The van der Waals surface area contributed by atoms with E-state index in [4.69, 9.17) is 12.2 Å². The summed E-state index contributed by atoms with van der Waals surface area (Å²) in [7, 11) is 2.13. The molecule has 29 heavy (non-hydrogen) atoms. The van der Waals surface area contributed by atoms with Gasteiger partial charge in [0.1, 0.15) is 0 Å². The Labute approximate surface area is 183 Å². The summed E-state index contributed by atoms with van der Waals surface area (Å²) < 4.78 is 2.22. The van der Waals surface area contributed by atoms with Crippen molar-refractivity contribution in [3.63, 3.8) is 0 Å². The van der Waals surface area contributed by atoms with Gasteiger partial charge in [0.2, 0.25) is 0 Å². The molecule has 1 saturated carbocycles. The second-order valence-corrected chi connectivity index (χ2v) is 9.13. The van der Waals surface area contributed by atoms with E-state index >= 15 is 0 Å². The first-order valence-electron chi connectivity index (χ1n) is 10.4. The number of nitrogens with one attached hydrogen (secondary N) is 1. The van der Waals surface area contributed by atoms with Crippen molar-refractivity contribution < 1.29 is 0 Å². The zero-order valence-electron chi connectivity index (χ0n) is 17.2. The molecule has 0 unspecified atom stereocenters. The molecule has 0 atom stereocenters. The SMILES string of the molecule is CSc1cccc(NC(=S)N(Cc2cn(C)c3ccccc23)C2CCCCC2)c1. The molecule has 1 N–H and O–H groups in total. The van der Waals surface area contributed by atoms with Crippen molar-refractivity contribution in [3.8, 4) is 0 Å². The normalized spacial score (nSPS) is 14.8. The van der Waals surface area contributed by atoms with E-state index in [1.165, 1.54) is 53.5 Å². The number of thiocarbonyl (C=S) groups is 1. The van der Waals surface area contributed by atoms with E-state index in [0.29, 0.717) is 6.04 Å². The Balaban J connectivity index is 1.61. The van der Waals surface area contributed by atoms with Crippen LogP contribution in [0.25, 0.3) is 10.9 Å². The van der Waals surface area contributed by atoms with Crippen molar-refractivity contribution >= 4 is 45.7 Å². The Morgan fingerprint density at radius 3 is 2.72 bits per heavy atom. The second kappa shape index (κ2) is 9.23. The number of anilines is 1. The summed E-state index contributed by atoms with van der Waals surface area (Å²) >= 11 is 7.70. The van der Waals surface area contributed by atoms with Gasteiger partial charge in [0.05, 0.1) is 0 Å². The molecule has 0 saturated heterocycles. The summed E-state index contributed by atoms with van der Waals surface area (Å²) in [5.41, 5.74) is 3.69. The smallest absolute Gasteiger partial charge is 0.173 e. The van der Waals surface area contributed by atoms with Gasteiger partial charge in [-0.05, 0) is 61.1 Å². The quantitative estimate of drug-likeness (QED) is 0.376. The zero-order valence-corrected chi connectivity index (χ0v) is 18.9. The Bertz CT molecular complexity index is 989. The van der Waals surface area contributed by atoms with Crippen LogP contribution in [-0.4, -0.2) is 26.9 Å². The highest BCUT2D eigenvalue weighted by molar-refractivity contribution is 7.98. The topological polar surface area (TPSA) is 20.2 Å². The van der Waals surface area contributed by atoms with Crippen LogP contribution >= 0.6 is 24.0 Å². The number of para-hydroxylation sites is 1. The Morgan fingerprint density at radius 2 is 1.93 bits per heavy atom. The van der Waals surface area contributed by atoms with Gasteiger partial charge >= 0.3 is 0 Å². The monoisotopic (exact) mass is 423 g/mol. The van der Waals surface area contributed by atoms with Crippen molar-refractivity contribution in [2.75, 3.05) is 11.6 Å². The molecule has 0 spiro atoms. The van der Waals surface area contributed by atoms with Crippen LogP contribution in [0, 0.1) is 0 Å². The van der Waals surface area contributed by atoms with Crippen LogP contribution in [0.3, 0.4) is 0 Å². The summed E-state index contributed by atoms with van der Waals surface area (Å²) in [6, 6.07) is 17.6. The molecule has 1 fully saturated rings. The molecule has 1 aliphatic carbocycles. The first-order chi connectivity index (χ1) is 14.2. The maximum atomic E-state index is 5.95. The molecule has 0 amide bonds. The molecule has 1 aliphatic rings. The number of thioether (sulfide) groups is 1. The predicted molar refractivity (Wildman–Crippen MR) is 130 cm³/mol. The molecule has 152 valence electrons. The fraction of sp³-hybridized carbons (Fsp3) is 0.375. The second-order valence-electron chi connectivity index (χ2n) is 7.86. The largest absolute Gasteiger partial charge is 0.350 e. The molecule has 0 radical (unpaired) electrons. The van der Waals surface area contributed by atoms with Crippen LogP contribution in [0.4, 0.5) is 5.69 Å².